The van der Waals surface area contributed by atoms with Crippen molar-refractivity contribution >= 4 is 25.6 Å². The first-order valence-corrected chi connectivity index (χ1v) is 10.7. The van der Waals surface area contributed by atoms with Crippen LogP contribution in [-0.4, -0.2) is 12.5 Å². The van der Waals surface area contributed by atoms with Crippen molar-refractivity contribution in [1.29, 1.82) is 0 Å². The summed E-state index contributed by atoms with van der Waals surface area (Å²) in [6.45, 7) is 0. The summed E-state index contributed by atoms with van der Waals surface area (Å²) in [6.07, 6.45) is 0. The van der Waals surface area contributed by atoms with Crippen LogP contribution in [0.3, 0.4) is 0 Å². The fourth-order valence-corrected chi connectivity index (χ4v) is 0. The van der Waals surface area contributed by atoms with E-state index in [1.807, 2.05) is 0 Å². The van der Waals surface area contributed by atoms with Crippen LogP contribution >= 0.6 is 21.6 Å². The summed E-state index contributed by atoms with van der Waals surface area (Å²) in [5, 5.41) is 7.90. The molecular formula is CH2BrClIO3-. The Morgan fingerprint density at radius 1 is 1.86 bits per heavy atom. The van der Waals surface area contributed by atoms with E-state index in [2.05, 4.69) is 12.7 Å². The summed E-state index contributed by atoms with van der Waals surface area (Å²) in [5.74, 6) is 0. The van der Waals surface area contributed by atoms with Gasteiger partial charge >= 0.3 is 54.4 Å². The van der Waals surface area contributed by atoms with Gasteiger partial charge in [-0.25, -0.2) is 0 Å². The second-order valence-corrected chi connectivity index (χ2v) is 14.8. The predicted octanol–water partition coefficient (Wildman–Crippen LogP) is -1.80. The molecule has 0 aromatic carbocycles. The summed E-state index contributed by atoms with van der Waals surface area (Å²) in [7, 11) is 4.92. The van der Waals surface area contributed by atoms with Crippen molar-refractivity contribution in [3.63, 3.8) is 0 Å². The van der Waals surface area contributed by atoms with Gasteiger partial charge in [-0.2, -0.15) is 0 Å². The molecule has 0 saturated heterocycles. The van der Waals surface area contributed by atoms with Gasteiger partial charge in [-0.1, -0.05) is 0 Å². The molecule has 46 valence electrons. The van der Waals surface area contributed by atoms with Gasteiger partial charge in [-0.15, -0.1) is 0 Å². The Bertz CT molecular complexity index is 87.4. The van der Waals surface area contributed by atoms with Crippen LogP contribution in [0.1, 0.15) is 0 Å². The van der Waals surface area contributed by atoms with Crippen molar-refractivity contribution in [3.8, 4) is 0 Å². The summed E-state index contributed by atoms with van der Waals surface area (Å²) in [6, 6.07) is 0. The van der Waals surface area contributed by atoms with Crippen molar-refractivity contribution in [2.75, 3.05) is 0 Å². The number of halogens is 3. The van der Waals surface area contributed by atoms with Crippen molar-refractivity contribution in [2.45, 2.75) is 0 Å². The van der Waals surface area contributed by atoms with Gasteiger partial charge in [0.25, 0.3) is 0 Å². The zero-order valence-electron chi connectivity index (χ0n) is 2.94. The molecule has 0 heterocycles. The second-order valence-electron chi connectivity index (χ2n) is 0.662. The van der Waals surface area contributed by atoms with Crippen LogP contribution in [0.15, 0.2) is 0 Å². The van der Waals surface area contributed by atoms with E-state index in [-0.39, 0.29) is 0 Å². The van der Waals surface area contributed by atoms with Crippen LogP contribution < -0.4 is 15.5 Å². The van der Waals surface area contributed by atoms with Gasteiger partial charge in [0.2, 0.25) is 0 Å². The molecular weight excluding hydrogens is 302 g/mol. The van der Waals surface area contributed by atoms with Gasteiger partial charge in [-0.05, 0) is 0 Å². The molecule has 1 unspecified atom stereocenters. The minimum absolute atomic E-state index is 1.34. The minimum atomic E-state index is -3.90. The third-order valence-electron chi connectivity index (χ3n) is 0.195. The van der Waals surface area contributed by atoms with E-state index in [4.69, 9.17) is 17.5 Å². The normalized spacial score (nSPS) is 22.7. The van der Waals surface area contributed by atoms with Crippen LogP contribution in [0.25, 0.3) is 0 Å². The zero-order valence-corrected chi connectivity index (χ0v) is 7.44. The van der Waals surface area contributed by atoms with Gasteiger partial charge in [-0.3, -0.25) is 0 Å². The van der Waals surface area contributed by atoms with Gasteiger partial charge in [0.1, 0.15) is 0 Å². The Morgan fingerprint density at radius 3 is 2.00 bits per heavy atom. The van der Waals surface area contributed by atoms with Crippen LogP contribution in [0.2, 0.25) is 0 Å². The molecule has 2 N–H and O–H groups in total. The first kappa shape index (κ1) is 7.93. The zero-order chi connectivity index (χ0) is 6.08. The van der Waals surface area contributed by atoms with Crippen LogP contribution in [0.4, 0.5) is 4.79 Å². The predicted molar refractivity (Wildman–Crippen MR) is 25.0 cm³/mol. The number of hydrogen-bond acceptors (Lipinski definition) is 2. The molecule has 0 bridgehead atoms. The van der Waals surface area contributed by atoms with E-state index in [0.717, 1.165) is 0 Å². The molecule has 0 fully saturated rings. The summed E-state index contributed by atoms with van der Waals surface area (Å²) >= 11 is -1.45. The van der Waals surface area contributed by atoms with Gasteiger partial charge in [0, 0.05) is 0 Å². The molecule has 0 aromatic heterocycles. The summed E-state index contributed by atoms with van der Waals surface area (Å²) < 4.78 is 7.02. The molecule has 0 saturated carbocycles. The molecule has 0 rings (SSSR count). The van der Waals surface area contributed by atoms with E-state index < -0.39 is 19.5 Å². The Kier molecular flexibility index (Phi) is 2.80. The molecule has 6 heteroatoms. The standard InChI is InChI=1S/CH2BrClIO3/c2-4(3,7)1(5)6/h7H,(H,5,6)/q-1. The van der Waals surface area contributed by atoms with E-state index in [1.165, 1.54) is 0 Å². The van der Waals surface area contributed by atoms with Crippen LogP contribution in [-0.2, 0) is 0 Å². The maximum absolute atomic E-state index is 9.67. The number of hydrogen-bond donors (Lipinski definition) is 2. The maximum atomic E-state index is 9.67. The number of carbonyl (C=O) groups is 1. The van der Waals surface area contributed by atoms with E-state index in [0.29, 0.717) is 0 Å². The first-order chi connectivity index (χ1) is 2.94. The van der Waals surface area contributed by atoms with E-state index in [9.17, 15) is 4.79 Å². The van der Waals surface area contributed by atoms with Gasteiger partial charge in [0.15, 0.2) is 0 Å². The molecule has 1 atom stereocenters. The molecule has 0 aromatic rings. The Hall–Kier alpha value is 0.930. The topological polar surface area (TPSA) is 57.5 Å². The van der Waals surface area contributed by atoms with Crippen LogP contribution in [0, 0.1) is 0 Å². The third-order valence-corrected chi connectivity index (χ3v) is 3.84. The van der Waals surface area contributed by atoms with Gasteiger partial charge < -0.3 is 0 Å². The molecule has 3 nitrogen and oxygen atoms in total. The molecule has 0 aliphatic heterocycles. The Labute approximate surface area is 54.2 Å². The number of rotatable bonds is 1. The third kappa shape index (κ3) is 3.51. The molecule has 7 heavy (non-hydrogen) atoms. The van der Waals surface area contributed by atoms with Crippen molar-refractivity contribution < 1.29 is 28.8 Å². The SMILES string of the molecule is O=C(O)[I-](O)(Cl)Br. The molecule has 0 amide bonds. The van der Waals surface area contributed by atoms with Crippen molar-refractivity contribution in [2.24, 2.45) is 0 Å². The van der Waals surface area contributed by atoms with Crippen LogP contribution in [0.5, 0.6) is 0 Å². The first-order valence-electron chi connectivity index (χ1n) is 1.07. The fourth-order valence-electron chi connectivity index (χ4n) is 0. The van der Waals surface area contributed by atoms with Gasteiger partial charge in [0.05, 0.1) is 0 Å². The average molecular weight is 304 g/mol. The number of carboxylic acid groups (broad SMARTS) is 1. The fraction of sp³-hybridized carbons (Fsp3) is 0. The Morgan fingerprint density at radius 2 is 2.00 bits per heavy atom. The molecule has 0 radical (unpaired) electrons. The Balaban J connectivity index is 3.79. The summed E-state index contributed by atoms with van der Waals surface area (Å²) in [4.78, 5) is 9.67. The monoisotopic (exact) mass is 303 g/mol. The van der Waals surface area contributed by atoms with Crippen molar-refractivity contribution in [3.05, 3.63) is 0 Å². The van der Waals surface area contributed by atoms with E-state index in [1.54, 1.807) is 0 Å². The molecule has 0 spiro atoms. The average Bonchev–Trinajstić information content (AvgIpc) is 1.31. The molecule has 0 aliphatic rings. The summed E-state index contributed by atoms with van der Waals surface area (Å²) in [5.41, 5.74) is 0. The second kappa shape index (κ2) is 2.47. The molecule has 0 aliphatic carbocycles. The van der Waals surface area contributed by atoms with Crippen molar-refractivity contribution in [1.82, 2.24) is 0 Å². The quantitative estimate of drug-likeness (QED) is 0.444. The van der Waals surface area contributed by atoms with E-state index >= 15 is 0 Å².